The van der Waals surface area contributed by atoms with Crippen LogP contribution in [0.2, 0.25) is 0 Å². The first kappa shape index (κ1) is 12.7. The van der Waals surface area contributed by atoms with Crippen LogP contribution in [0.1, 0.15) is 19.8 Å². The van der Waals surface area contributed by atoms with Gasteiger partial charge in [0.2, 0.25) is 0 Å². The van der Waals surface area contributed by atoms with Crippen molar-refractivity contribution in [2.45, 2.75) is 32.0 Å². The third-order valence-corrected chi connectivity index (χ3v) is 1.60. The molecule has 80 valence electrons. The molecule has 0 aliphatic heterocycles. The van der Waals surface area contributed by atoms with Crippen molar-refractivity contribution >= 4 is 0 Å². The molecule has 0 amide bonds. The highest BCUT2D eigenvalue weighted by molar-refractivity contribution is 4.59. The Kier molecular flexibility index (Phi) is 6.02. The maximum Gasteiger partial charge on any atom is 0.411 e. The van der Waals surface area contributed by atoms with Crippen molar-refractivity contribution in [2.75, 3.05) is 13.2 Å². The summed E-state index contributed by atoms with van der Waals surface area (Å²) < 4.78 is 39.1. The van der Waals surface area contributed by atoms with E-state index in [0.717, 1.165) is 6.42 Å². The summed E-state index contributed by atoms with van der Waals surface area (Å²) >= 11 is 0. The van der Waals surface area contributed by atoms with Crippen molar-refractivity contribution in [1.82, 2.24) is 5.43 Å². The van der Waals surface area contributed by atoms with Crippen molar-refractivity contribution in [3.8, 4) is 0 Å². The number of halogens is 3. The number of hydrazine groups is 1. The lowest BCUT2D eigenvalue weighted by atomic mass is 10.2. The van der Waals surface area contributed by atoms with Gasteiger partial charge in [0.1, 0.15) is 6.61 Å². The highest BCUT2D eigenvalue weighted by Gasteiger charge is 2.27. The van der Waals surface area contributed by atoms with E-state index in [9.17, 15) is 13.2 Å². The Balaban J connectivity index is 3.34. The second kappa shape index (κ2) is 6.17. The Morgan fingerprint density at radius 3 is 2.46 bits per heavy atom. The molecule has 6 heteroatoms. The van der Waals surface area contributed by atoms with Crippen molar-refractivity contribution in [2.24, 2.45) is 5.84 Å². The van der Waals surface area contributed by atoms with Crippen LogP contribution in [0.3, 0.4) is 0 Å². The maximum atomic E-state index is 11.6. The molecule has 0 aromatic rings. The molecule has 0 spiro atoms. The second-order valence-corrected chi connectivity index (χ2v) is 2.73. The Bertz CT molecular complexity index is 125. The SMILES string of the molecule is CCC(CCOCC(F)(F)F)NN. The Hall–Kier alpha value is -0.330. The average molecular weight is 200 g/mol. The van der Waals surface area contributed by atoms with E-state index >= 15 is 0 Å². The first-order valence-electron chi connectivity index (χ1n) is 4.10. The zero-order chi connectivity index (χ0) is 10.3. The van der Waals surface area contributed by atoms with Gasteiger partial charge in [-0.25, -0.2) is 0 Å². The maximum absolute atomic E-state index is 11.6. The van der Waals surface area contributed by atoms with Crippen LogP contribution in [0.4, 0.5) is 13.2 Å². The quantitative estimate of drug-likeness (QED) is 0.384. The van der Waals surface area contributed by atoms with Crippen LogP contribution in [0.15, 0.2) is 0 Å². The molecule has 0 aromatic heterocycles. The number of ether oxygens (including phenoxy) is 1. The zero-order valence-corrected chi connectivity index (χ0v) is 7.53. The van der Waals surface area contributed by atoms with Crippen LogP contribution >= 0.6 is 0 Å². The van der Waals surface area contributed by atoms with Crippen LogP contribution in [0.5, 0.6) is 0 Å². The van der Waals surface area contributed by atoms with E-state index < -0.39 is 12.8 Å². The molecule has 0 bridgehead atoms. The molecule has 0 rings (SSSR count). The third-order valence-electron chi connectivity index (χ3n) is 1.60. The molecule has 0 saturated heterocycles. The monoisotopic (exact) mass is 200 g/mol. The first-order chi connectivity index (χ1) is 5.99. The number of nitrogens with one attached hydrogen (secondary N) is 1. The van der Waals surface area contributed by atoms with Crippen LogP contribution in [0, 0.1) is 0 Å². The smallest absolute Gasteiger partial charge is 0.372 e. The van der Waals surface area contributed by atoms with E-state index in [-0.39, 0.29) is 12.6 Å². The third kappa shape index (κ3) is 8.01. The van der Waals surface area contributed by atoms with Crippen LogP contribution in [-0.4, -0.2) is 25.4 Å². The summed E-state index contributed by atoms with van der Waals surface area (Å²) in [5.74, 6) is 5.12. The number of nitrogens with two attached hydrogens (primary N) is 1. The van der Waals surface area contributed by atoms with Gasteiger partial charge in [-0.05, 0) is 12.8 Å². The van der Waals surface area contributed by atoms with Gasteiger partial charge in [0.05, 0.1) is 0 Å². The molecule has 1 atom stereocenters. The lowest BCUT2D eigenvalue weighted by Crippen LogP contribution is -2.35. The van der Waals surface area contributed by atoms with Crippen LogP contribution in [-0.2, 0) is 4.74 Å². The molecular weight excluding hydrogens is 185 g/mol. The molecule has 3 nitrogen and oxygen atoms in total. The molecule has 0 saturated carbocycles. The molecule has 13 heavy (non-hydrogen) atoms. The Morgan fingerprint density at radius 1 is 1.46 bits per heavy atom. The average Bonchev–Trinajstić information content (AvgIpc) is 2.03. The van der Waals surface area contributed by atoms with E-state index in [2.05, 4.69) is 10.2 Å². The van der Waals surface area contributed by atoms with Gasteiger partial charge in [0.25, 0.3) is 0 Å². The van der Waals surface area contributed by atoms with Crippen molar-refractivity contribution in [3.63, 3.8) is 0 Å². The lowest BCUT2D eigenvalue weighted by molar-refractivity contribution is -0.174. The summed E-state index contributed by atoms with van der Waals surface area (Å²) in [4.78, 5) is 0. The van der Waals surface area contributed by atoms with Crippen molar-refractivity contribution in [1.29, 1.82) is 0 Å². The topological polar surface area (TPSA) is 47.3 Å². The Labute approximate surface area is 75.4 Å². The van der Waals surface area contributed by atoms with Gasteiger partial charge in [-0.1, -0.05) is 6.92 Å². The van der Waals surface area contributed by atoms with Gasteiger partial charge in [-0.2, -0.15) is 13.2 Å². The van der Waals surface area contributed by atoms with Gasteiger partial charge in [0.15, 0.2) is 0 Å². The second-order valence-electron chi connectivity index (χ2n) is 2.73. The predicted molar refractivity (Wildman–Crippen MR) is 42.9 cm³/mol. The van der Waals surface area contributed by atoms with Gasteiger partial charge >= 0.3 is 6.18 Å². The fraction of sp³-hybridized carbons (Fsp3) is 1.00. The number of rotatable bonds is 6. The molecular formula is C7H15F3N2O. The standard InChI is InChI=1S/C7H15F3N2O/c1-2-6(12-11)3-4-13-5-7(8,9)10/h6,12H,2-5,11H2,1H3. The minimum Gasteiger partial charge on any atom is -0.372 e. The number of hydrogen-bond acceptors (Lipinski definition) is 3. The van der Waals surface area contributed by atoms with Gasteiger partial charge in [0, 0.05) is 12.6 Å². The molecule has 0 aliphatic carbocycles. The molecule has 0 aliphatic rings. The summed E-state index contributed by atoms with van der Waals surface area (Å²) in [5, 5.41) is 0. The minimum absolute atomic E-state index is 0.0215. The van der Waals surface area contributed by atoms with E-state index in [1.165, 1.54) is 0 Å². The summed E-state index contributed by atoms with van der Waals surface area (Å²) in [6.45, 7) is 0.782. The van der Waals surface area contributed by atoms with Crippen LogP contribution < -0.4 is 11.3 Å². The Morgan fingerprint density at radius 2 is 2.08 bits per heavy atom. The molecule has 0 aromatic carbocycles. The normalized spacial score (nSPS) is 14.5. The molecule has 1 unspecified atom stereocenters. The van der Waals surface area contributed by atoms with Gasteiger partial charge in [-0.3, -0.25) is 11.3 Å². The molecule has 0 heterocycles. The summed E-state index contributed by atoms with van der Waals surface area (Å²) in [6.07, 6.45) is -2.98. The highest BCUT2D eigenvalue weighted by Crippen LogP contribution is 2.14. The van der Waals surface area contributed by atoms with E-state index in [1.54, 1.807) is 0 Å². The summed E-state index contributed by atoms with van der Waals surface area (Å²) in [5.41, 5.74) is 2.49. The first-order valence-corrected chi connectivity index (χ1v) is 4.10. The van der Waals surface area contributed by atoms with Crippen molar-refractivity contribution in [3.05, 3.63) is 0 Å². The molecule has 0 fully saturated rings. The van der Waals surface area contributed by atoms with E-state index in [4.69, 9.17) is 5.84 Å². The van der Waals surface area contributed by atoms with Gasteiger partial charge in [-0.15, -0.1) is 0 Å². The summed E-state index contributed by atoms with van der Waals surface area (Å²) in [7, 11) is 0. The number of hydrogen-bond donors (Lipinski definition) is 2. The molecule has 3 N–H and O–H groups in total. The zero-order valence-electron chi connectivity index (χ0n) is 7.53. The highest BCUT2D eigenvalue weighted by atomic mass is 19.4. The van der Waals surface area contributed by atoms with E-state index in [0.29, 0.717) is 6.42 Å². The van der Waals surface area contributed by atoms with E-state index in [1.807, 2.05) is 6.92 Å². The van der Waals surface area contributed by atoms with Gasteiger partial charge < -0.3 is 4.74 Å². The van der Waals surface area contributed by atoms with Crippen LogP contribution in [0.25, 0.3) is 0 Å². The largest absolute Gasteiger partial charge is 0.411 e. The predicted octanol–water partition coefficient (Wildman–Crippen LogP) is 1.20. The fourth-order valence-electron chi connectivity index (χ4n) is 0.819. The minimum atomic E-state index is -4.24. The number of alkyl halides is 3. The summed E-state index contributed by atoms with van der Waals surface area (Å²) in [6, 6.07) is 0.0215. The fourth-order valence-corrected chi connectivity index (χ4v) is 0.819. The lowest BCUT2D eigenvalue weighted by Gasteiger charge is -2.13. The van der Waals surface area contributed by atoms with Crippen molar-refractivity contribution < 1.29 is 17.9 Å². The molecule has 0 radical (unpaired) electrons.